The Kier molecular flexibility index (Phi) is 5.76. The molecule has 0 saturated heterocycles. The van der Waals surface area contributed by atoms with Crippen LogP contribution in [-0.4, -0.2) is 30.0 Å². The summed E-state index contributed by atoms with van der Waals surface area (Å²) in [6.45, 7) is 4.25. The number of aliphatic hydroxyl groups is 1. The summed E-state index contributed by atoms with van der Waals surface area (Å²) < 4.78 is 47.1. The molecular formula is C15H17F3O5. The van der Waals surface area contributed by atoms with Gasteiger partial charge in [-0.25, -0.2) is 9.59 Å². The first-order valence-corrected chi connectivity index (χ1v) is 6.73. The zero-order valence-corrected chi connectivity index (χ0v) is 12.8. The van der Waals surface area contributed by atoms with Crippen LogP contribution in [0.4, 0.5) is 18.0 Å². The largest absolute Gasteiger partial charge is 0.516 e. The van der Waals surface area contributed by atoms with Gasteiger partial charge < -0.3 is 14.6 Å². The van der Waals surface area contributed by atoms with Crippen LogP contribution in [-0.2, 0) is 15.1 Å². The van der Waals surface area contributed by atoms with E-state index in [4.69, 9.17) is 0 Å². The molecule has 0 bridgehead atoms. The Morgan fingerprint density at radius 2 is 1.70 bits per heavy atom. The maximum absolute atomic E-state index is 12.7. The lowest BCUT2D eigenvalue weighted by atomic mass is 9.94. The summed E-state index contributed by atoms with van der Waals surface area (Å²) >= 11 is 0. The van der Waals surface area contributed by atoms with Crippen LogP contribution in [0, 0.1) is 5.92 Å². The first-order chi connectivity index (χ1) is 10.4. The van der Waals surface area contributed by atoms with Crippen molar-refractivity contribution in [3.63, 3.8) is 0 Å². The molecule has 23 heavy (non-hydrogen) atoms. The number of hydrogen-bond acceptors (Lipinski definition) is 5. The average molecular weight is 334 g/mol. The normalized spacial score (nSPS) is 14.3. The fourth-order valence-corrected chi connectivity index (χ4v) is 1.49. The predicted octanol–water partition coefficient (Wildman–Crippen LogP) is 3.41. The topological polar surface area (TPSA) is 72.8 Å². The number of esters is 1. The summed E-state index contributed by atoms with van der Waals surface area (Å²) in [4.78, 5) is 22.9. The number of benzene rings is 1. The van der Waals surface area contributed by atoms with E-state index in [0.29, 0.717) is 6.92 Å². The summed E-state index contributed by atoms with van der Waals surface area (Å²) in [7, 11) is 0. The molecule has 8 heteroatoms. The second kappa shape index (κ2) is 6.99. The highest BCUT2D eigenvalue weighted by molar-refractivity contribution is 5.95. The fourth-order valence-electron chi connectivity index (χ4n) is 1.49. The van der Waals surface area contributed by atoms with Crippen LogP contribution >= 0.6 is 0 Å². The molecule has 0 amide bonds. The Morgan fingerprint density at radius 1 is 1.17 bits per heavy atom. The van der Waals surface area contributed by atoms with Crippen LogP contribution in [0.25, 0.3) is 0 Å². The van der Waals surface area contributed by atoms with Crippen LogP contribution in [0.3, 0.4) is 0 Å². The van der Waals surface area contributed by atoms with Crippen molar-refractivity contribution in [1.82, 2.24) is 0 Å². The Morgan fingerprint density at radius 3 is 2.13 bits per heavy atom. The van der Waals surface area contributed by atoms with Gasteiger partial charge in [0.25, 0.3) is 0 Å². The summed E-state index contributed by atoms with van der Waals surface area (Å²) in [6, 6.07) is 3.91. The van der Waals surface area contributed by atoms with Gasteiger partial charge in [-0.15, -0.1) is 0 Å². The molecule has 1 aromatic rings. The molecule has 1 atom stereocenters. The fraction of sp³-hybridized carbons (Fsp3) is 0.467. The summed E-state index contributed by atoms with van der Waals surface area (Å²) in [6.07, 6.45) is -6.05. The van der Waals surface area contributed by atoms with E-state index in [9.17, 15) is 27.9 Å². The van der Waals surface area contributed by atoms with Crippen LogP contribution in [0.5, 0.6) is 0 Å². The Labute approximate surface area is 131 Å². The number of alkyl halides is 3. The van der Waals surface area contributed by atoms with Gasteiger partial charge in [0.15, 0.2) is 5.60 Å². The number of halogens is 3. The van der Waals surface area contributed by atoms with E-state index in [1.807, 2.05) is 0 Å². The SMILES string of the molecule is CC(C)COC(=O)OC(=O)c1ccc(C(C)(O)C(F)(F)F)cc1. The van der Waals surface area contributed by atoms with E-state index in [2.05, 4.69) is 9.47 Å². The van der Waals surface area contributed by atoms with E-state index in [1.54, 1.807) is 13.8 Å². The molecule has 0 aliphatic rings. The highest BCUT2D eigenvalue weighted by atomic mass is 19.4. The first-order valence-electron chi connectivity index (χ1n) is 6.73. The average Bonchev–Trinajstić information content (AvgIpc) is 2.44. The van der Waals surface area contributed by atoms with Gasteiger partial charge in [0.05, 0.1) is 12.2 Å². The third-order valence-corrected chi connectivity index (χ3v) is 2.95. The summed E-state index contributed by atoms with van der Waals surface area (Å²) in [5.41, 5.74) is -3.64. The van der Waals surface area contributed by atoms with Crippen molar-refractivity contribution >= 4 is 12.1 Å². The van der Waals surface area contributed by atoms with Crippen molar-refractivity contribution in [2.45, 2.75) is 32.5 Å². The van der Waals surface area contributed by atoms with Crippen molar-refractivity contribution in [2.24, 2.45) is 5.92 Å². The van der Waals surface area contributed by atoms with Gasteiger partial charge in [-0.05, 0) is 30.5 Å². The summed E-state index contributed by atoms with van der Waals surface area (Å²) in [5.74, 6) is -1.00. The van der Waals surface area contributed by atoms with E-state index < -0.39 is 29.5 Å². The van der Waals surface area contributed by atoms with Gasteiger partial charge in [0.2, 0.25) is 0 Å². The minimum absolute atomic E-state index is 0.0570. The molecule has 1 unspecified atom stereocenters. The number of carbonyl (C=O) groups is 2. The van der Waals surface area contributed by atoms with Crippen molar-refractivity contribution in [3.8, 4) is 0 Å². The zero-order chi connectivity index (χ0) is 17.8. The lowest BCUT2D eigenvalue weighted by molar-refractivity contribution is -0.258. The second-order valence-corrected chi connectivity index (χ2v) is 5.49. The highest BCUT2D eigenvalue weighted by Gasteiger charge is 2.51. The number of hydrogen-bond donors (Lipinski definition) is 1. The Hall–Kier alpha value is -2.09. The molecule has 5 nitrogen and oxygen atoms in total. The maximum atomic E-state index is 12.7. The molecule has 0 aliphatic carbocycles. The molecule has 0 heterocycles. The molecule has 1 rings (SSSR count). The Bertz CT molecular complexity index is 561. The molecule has 0 radical (unpaired) electrons. The predicted molar refractivity (Wildman–Crippen MR) is 73.7 cm³/mol. The highest BCUT2D eigenvalue weighted by Crippen LogP contribution is 2.38. The minimum Gasteiger partial charge on any atom is -0.434 e. The van der Waals surface area contributed by atoms with Gasteiger partial charge in [-0.1, -0.05) is 26.0 Å². The molecule has 1 aromatic carbocycles. The van der Waals surface area contributed by atoms with Gasteiger partial charge >= 0.3 is 18.3 Å². The van der Waals surface area contributed by atoms with Gasteiger partial charge in [0.1, 0.15) is 0 Å². The monoisotopic (exact) mass is 334 g/mol. The quantitative estimate of drug-likeness (QED) is 0.675. The maximum Gasteiger partial charge on any atom is 0.516 e. The van der Waals surface area contributed by atoms with Crippen molar-refractivity contribution in [3.05, 3.63) is 35.4 Å². The van der Waals surface area contributed by atoms with Crippen molar-refractivity contribution in [2.75, 3.05) is 6.61 Å². The lowest BCUT2D eigenvalue weighted by Gasteiger charge is -2.26. The molecule has 0 aromatic heterocycles. The van der Waals surface area contributed by atoms with E-state index >= 15 is 0 Å². The van der Waals surface area contributed by atoms with Crippen LogP contribution in [0.1, 0.15) is 36.7 Å². The van der Waals surface area contributed by atoms with E-state index in [1.165, 1.54) is 0 Å². The molecule has 128 valence electrons. The molecular weight excluding hydrogens is 317 g/mol. The third kappa shape index (κ3) is 4.95. The van der Waals surface area contributed by atoms with Crippen LogP contribution in [0.15, 0.2) is 24.3 Å². The second-order valence-electron chi connectivity index (χ2n) is 5.49. The standard InChI is InChI=1S/C15H17F3O5/c1-9(2)8-22-13(20)23-12(19)10-4-6-11(7-5-10)14(3,21)15(16,17)18/h4-7,9,21H,8H2,1-3H3. The van der Waals surface area contributed by atoms with Crippen molar-refractivity contribution in [1.29, 1.82) is 0 Å². The van der Waals surface area contributed by atoms with Crippen LogP contribution in [0.2, 0.25) is 0 Å². The van der Waals surface area contributed by atoms with Gasteiger partial charge in [-0.3, -0.25) is 0 Å². The van der Waals surface area contributed by atoms with Gasteiger partial charge in [-0.2, -0.15) is 13.2 Å². The first kappa shape index (κ1) is 19.0. The zero-order valence-electron chi connectivity index (χ0n) is 12.8. The number of carbonyl (C=O) groups excluding carboxylic acids is 2. The molecule has 0 aliphatic heterocycles. The van der Waals surface area contributed by atoms with E-state index in [0.717, 1.165) is 24.3 Å². The molecule has 0 spiro atoms. The lowest BCUT2D eigenvalue weighted by Crippen LogP contribution is -2.39. The smallest absolute Gasteiger partial charge is 0.434 e. The number of rotatable bonds is 4. The number of ether oxygens (including phenoxy) is 2. The summed E-state index contributed by atoms with van der Waals surface area (Å²) in [5, 5.41) is 9.50. The van der Waals surface area contributed by atoms with Crippen molar-refractivity contribution < 1.29 is 37.3 Å². The van der Waals surface area contributed by atoms with Gasteiger partial charge in [0, 0.05) is 0 Å². The molecule has 1 N–H and O–H groups in total. The minimum atomic E-state index is -4.87. The molecule has 0 fully saturated rings. The third-order valence-electron chi connectivity index (χ3n) is 2.95. The van der Waals surface area contributed by atoms with Crippen LogP contribution < -0.4 is 0 Å². The van der Waals surface area contributed by atoms with E-state index in [-0.39, 0.29) is 18.1 Å². The molecule has 0 saturated carbocycles. The Balaban J connectivity index is 2.77.